The van der Waals surface area contributed by atoms with Gasteiger partial charge in [-0.05, 0) is 48.3 Å². The highest BCUT2D eigenvalue weighted by Crippen LogP contribution is 2.21. The summed E-state index contributed by atoms with van der Waals surface area (Å²) in [6.07, 6.45) is 3.75. The molecule has 1 aromatic heterocycles. The number of aryl methyl sites for hydroxylation is 1. The largest absolute Gasteiger partial charge is 0.350 e. The van der Waals surface area contributed by atoms with Crippen molar-refractivity contribution in [2.45, 2.75) is 26.8 Å². The summed E-state index contributed by atoms with van der Waals surface area (Å²) >= 11 is 3.45. The minimum atomic E-state index is 0.427. The molecular formula is C12H17BrN2. The van der Waals surface area contributed by atoms with E-state index in [0.29, 0.717) is 6.04 Å². The molecule has 0 aromatic carbocycles. The molecule has 0 radical (unpaired) electrons. The second-order valence-electron chi connectivity index (χ2n) is 3.83. The molecule has 0 N–H and O–H groups in total. The van der Waals surface area contributed by atoms with Crippen LogP contribution in [0.1, 0.15) is 19.4 Å². The Morgan fingerprint density at radius 3 is 2.73 bits per heavy atom. The van der Waals surface area contributed by atoms with Gasteiger partial charge in [-0.1, -0.05) is 6.08 Å². The Kier molecular flexibility index (Phi) is 4.33. The molecule has 15 heavy (non-hydrogen) atoms. The van der Waals surface area contributed by atoms with Gasteiger partial charge in [0.25, 0.3) is 0 Å². The highest BCUT2D eigenvalue weighted by atomic mass is 79.9. The van der Waals surface area contributed by atoms with E-state index in [4.69, 9.17) is 0 Å². The van der Waals surface area contributed by atoms with Crippen LogP contribution in [0, 0.1) is 6.92 Å². The SMILES string of the molecule is C=CCN(c1cc(C)c(Br)cn1)C(C)C. The van der Waals surface area contributed by atoms with Crippen molar-refractivity contribution >= 4 is 21.7 Å². The van der Waals surface area contributed by atoms with Crippen molar-refractivity contribution in [3.05, 3.63) is 35.0 Å². The molecule has 0 bridgehead atoms. The summed E-state index contributed by atoms with van der Waals surface area (Å²) in [4.78, 5) is 6.63. The lowest BCUT2D eigenvalue weighted by atomic mass is 10.2. The third-order valence-corrected chi connectivity index (χ3v) is 3.11. The molecule has 3 heteroatoms. The fourth-order valence-electron chi connectivity index (χ4n) is 1.39. The van der Waals surface area contributed by atoms with Gasteiger partial charge in [0.2, 0.25) is 0 Å². The molecule has 1 aromatic rings. The van der Waals surface area contributed by atoms with Gasteiger partial charge in [-0.2, -0.15) is 0 Å². The highest BCUT2D eigenvalue weighted by Gasteiger charge is 2.10. The number of halogens is 1. The zero-order valence-electron chi connectivity index (χ0n) is 9.50. The molecule has 0 saturated carbocycles. The lowest BCUT2D eigenvalue weighted by molar-refractivity contribution is 0.712. The van der Waals surface area contributed by atoms with E-state index < -0.39 is 0 Å². The Hall–Kier alpha value is -0.830. The first-order chi connectivity index (χ1) is 7.06. The Bertz CT molecular complexity index is 347. The maximum absolute atomic E-state index is 4.41. The van der Waals surface area contributed by atoms with Gasteiger partial charge in [-0.25, -0.2) is 4.98 Å². The van der Waals surface area contributed by atoms with Crippen molar-refractivity contribution in [1.82, 2.24) is 4.98 Å². The fourth-order valence-corrected chi connectivity index (χ4v) is 1.61. The standard InChI is InChI=1S/C12H17BrN2/c1-5-6-15(9(2)3)12-7-10(4)11(13)8-14-12/h5,7-9H,1,6H2,2-4H3. The normalized spacial score (nSPS) is 10.5. The van der Waals surface area contributed by atoms with Gasteiger partial charge in [-0.3, -0.25) is 0 Å². The van der Waals surface area contributed by atoms with E-state index in [2.05, 4.69) is 59.2 Å². The van der Waals surface area contributed by atoms with E-state index in [1.54, 1.807) is 0 Å². The van der Waals surface area contributed by atoms with Crippen molar-refractivity contribution in [3.8, 4) is 0 Å². The maximum Gasteiger partial charge on any atom is 0.129 e. The van der Waals surface area contributed by atoms with Crippen LogP contribution in [0.25, 0.3) is 0 Å². The molecule has 1 heterocycles. The Morgan fingerprint density at radius 2 is 2.27 bits per heavy atom. The van der Waals surface area contributed by atoms with E-state index in [0.717, 1.165) is 16.8 Å². The van der Waals surface area contributed by atoms with Crippen LogP contribution >= 0.6 is 15.9 Å². The topological polar surface area (TPSA) is 16.1 Å². The molecule has 0 amide bonds. The quantitative estimate of drug-likeness (QED) is 0.777. The highest BCUT2D eigenvalue weighted by molar-refractivity contribution is 9.10. The van der Waals surface area contributed by atoms with Crippen molar-refractivity contribution in [2.75, 3.05) is 11.4 Å². The summed E-state index contributed by atoms with van der Waals surface area (Å²) < 4.78 is 1.05. The predicted molar refractivity (Wildman–Crippen MR) is 69.4 cm³/mol. The number of rotatable bonds is 4. The van der Waals surface area contributed by atoms with Gasteiger partial charge in [0.1, 0.15) is 5.82 Å². The molecule has 0 aliphatic rings. The first-order valence-corrected chi connectivity index (χ1v) is 5.85. The molecule has 0 spiro atoms. The molecule has 0 aliphatic carbocycles. The van der Waals surface area contributed by atoms with Gasteiger partial charge in [0.15, 0.2) is 0 Å². The van der Waals surface area contributed by atoms with Gasteiger partial charge < -0.3 is 4.90 Å². The number of pyridine rings is 1. The first-order valence-electron chi connectivity index (χ1n) is 5.06. The summed E-state index contributed by atoms with van der Waals surface area (Å²) in [5.41, 5.74) is 1.20. The molecule has 0 saturated heterocycles. The molecule has 2 nitrogen and oxygen atoms in total. The second-order valence-corrected chi connectivity index (χ2v) is 4.68. The van der Waals surface area contributed by atoms with Crippen LogP contribution in [0.15, 0.2) is 29.4 Å². The maximum atomic E-state index is 4.41. The second kappa shape index (κ2) is 5.31. The number of hydrogen-bond acceptors (Lipinski definition) is 2. The van der Waals surface area contributed by atoms with Gasteiger partial charge in [-0.15, -0.1) is 6.58 Å². The minimum Gasteiger partial charge on any atom is -0.350 e. The smallest absolute Gasteiger partial charge is 0.129 e. The average molecular weight is 269 g/mol. The van der Waals surface area contributed by atoms with E-state index in [1.165, 1.54) is 5.56 Å². The van der Waals surface area contributed by atoms with E-state index in [1.807, 2.05) is 12.3 Å². The Labute approximate surface area is 100 Å². The zero-order valence-corrected chi connectivity index (χ0v) is 11.1. The van der Waals surface area contributed by atoms with Crippen LogP contribution < -0.4 is 4.90 Å². The molecule has 0 fully saturated rings. The van der Waals surface area contributed by atoms with Crippen molar-refractivity contribution < 1.29 is 0 Å². The number of hydrogen-bond donors (Lipinski definition) is 0. The molecule has 0 aliphatic heterocycles. The van der Waals surface area contributed by atoms with Crippen molar-refractivity contribution in [1.29, 1.82) is 0 Å². The number of nitrogens with zero attached hydrogens (tertiary/aromatic N) is 2. The summed E-state index contributed by atoms with van der Waals surface area (Å²) in [7, 11) is 0. The fraction of sp³-hybridized carbons (Fsp3) is 0.417. The summed E-state index contributed by atoms with van der Waals surface area (Å²) in [5, 5.41) is 0. The van der Waals surface area contributed by atoms with E-state index in [9.17, 15) is 0 Å². The van der Waals surface area contributed by atoms with Crippen LogP contribution in [0.3, 0.4) is 0 Å². The number of anilines is 1. The molecule has 82 valence electrons. The van der Waals surface area contributed by atoms with E-state index >= 15 is 0 Å². The lowest BCUT2D eigenvalue weighted by Crippen LogP contribution is -2.31. The van der Waals surface area contributed by atoms with E-state index in [-0.39, 0.29) is 0 Å². The van der Waals surface area contributed by atoms with Crippen LogP contribution in [0.2, 0.25) is 0 Å². The van der Waals surface area contributed by atoms with Gasteiger partial charge in [0, 0.05) is 23.3 Å². The monoisotopic (exact) mass is 268 g/mol. The first kappa shape index (κ1) is 12.2. The van der Waals surface area contributed by atoms with Crippen LogP contribution in [-0.2, 0) is 0 Å². The molecule has 0 atom stereocenters. The average Bonchev–Trinajstić information content (AvgIpc) is 2.18. The zero-order chi connectivity index (χ0) is 11.4. The van der Waals surface area contributed by atoms with Gasteiger partial charge >= 0.3 is 0 Å². The Morgan fingerprint density at radius 1 is 1.60 bits per heavy atom. The molecular weight excluding hydrogens is 252 g/mol. The van der Waals surface area contributed by atoms with Crippen LogP contribution in [-0.4, -0.2) is 17.6 Å². The molecule has 1 rings (SSSR count). The van der Waals surface area contributed by atoms with Crippen LogP contribution in [0.4, 0.5) is 5.82 Å². The van der Waals surface area contributed by atoms with Gasteiger partial charge in [0.05, 0.1) is 0 Å². The minimum absolute atomic E-state index is 0.427. The summed E-state index contributed by atoms with van der Waals surface area (Å²) in [6, 6.07) is 2.52. The third-order valence-electron chi connectivity index (χ3n) is 2.28. The van der Waals surface area contributed by atoms with Crippen molar-refractivity contribution in [3.63, 3.8) is 0 Å². The van der Waals surface area contributed by atoms with Crippen molar-refractivity contribution in [2.24, 2.45) is 0 Å². The third kappa shape index (κ3) is 3.06. The van der Waals surface area contributed by atoms with Crippen LogP contribution in [0.5, 0.6) is 0 Å². The summed E-state index contributed by atoms with van der Waals surface area (Å²) in [6.45, 7) is 11.0. The lowest BCUT2D eigenvalue weighted by Gasteiger charge is -2.26. The number of aromatic nitrogens is 1. The Balaban J connectivity index is 3.00. The predicted octanol–water partition coefficient (Wildman–Crippen LogP) is 3.55. The molecule has 0 unspecified atom stereocenters. The summed E-state index contributed by atoms with van der Waals surface area (Å²) in [5.74, 6) is 1.01.